The van der Waals surface area contributed by atoms with E-state index in [0.717, 1.165) is 24.1 Å². The van der Waals surface area contributed by atoms with E-state index in [4.69, 9.17) is 11.1 Å². The number of hydrogen-bond acceptors (Lipinski definition) is 4. The molecule has 0 radical (unpaired) electrons. The van der Waals surface area contributed by atoms with Crippen LogP contribution < -0.4 is 11.1 Å². The molecule has 1 atom stereocenters. The van der Waals surface area contributed by atoms with Gasteiger partial charge in [-0.1, -0.05) is 11.8 Å². The molecule has 5 N–H and O–H groups in total. The van der Waals surface area contributed by atoms with Gasteiger partial charge in [0.25, 0.3) is 5.91 Å². The van der Waals surface area contributed by atoms with E-state index in [1.165, 1.54) is 0 Å². The number of hydrogen-bond donors (Lipinski definition) is 4. The van der Waals surface area contributed by atoms with E-state index in [2.05, 4.69) is 17.2 Å². The summed E-state index contributed by atoms with van der Waals surface area (Å²) >= 11 is 0. The third-order valence-corrected chi connectivity index (χ3v) is 4.79. The highest BCUT2D eigenvalue weighted by Gasteiger charge is 2.28. The van der Waals surface area contributed by atoms with Crippen LogP contribution in [0.25, 0.3) is 0 Å². The van der Waals surface area contributed by atoms with Gasteiger partial charge in [-0.15, -0.1) is 0 Å². The molecule has 2 aromatic carbocycles. The maximum absolute atomic E-state index is 12.6. The van der Waals surface area contributed by atoms with Gasteiger partial charge in [-0.05, 0) is 61.4 Å². The van der Waals surface area contributed by atoms with E-state index in [9.17, 15) is 9.90 Å². The minimum atomic E-state index is -0.0671. The number of likely N-dealkylation sites (tertiary alicyclic amines) is 1. The van der Waals surface area contributed by atoms with Crippen LogP contribution in [0.15, 0.2) is 48.5 Å². The van der Waals surface area contributed by atoms with Crippen molar-refractivity contribution in [3.8, 4) is 11.8 Å². The lowest BCUT2D eigenvalue weighted by Crippen LogP contribution is -2.37. The van der Waals surface area contributed by atoms with Crippen molar-refractivity contribution in [3.05, 3.63) is 65.2 Å². The average Bonchev–Trinajstić information content (AvgIpc) is 3.20. The number of rotatable bonds is 5. The minimum Gasteiger partial charge on any atom is -0.394 e. The molecular weight excluding hydrogens is 352 g/mol. The standard InChI is InChI=1S/C22H24N4O2/c23-21(24)17-9-11-19(12-10-17)25-13-1-3-16-5-7-18(8-6-16)22(28)26-14-2-4-20(26)15-27/h5-12,20,25,27H,2,4,13-15H2,(H3,23,24). The normalized spacial score (nSPS) is 15.6. The summed E-state index contributed by atoms with van der Waals surface area (Å²) in [6.07, 6.45) is 1.79. The van der Waals surface area contributed by atoms with Gasteiger partial charge >= 0.3 is 0 Å². The lowest BCUT2D eigenvalue weighted by atomic mass is 10.1. The van der Waals surface area contributed by atoms with Crippen LogP contribution in [-0.4, -0.2) is 47.5 Å². The van der Waals surface area contributed by atoms with Crippen molar-refractivity contribution in [2.24, 2.45) is 5.73 Å². The molecule has 144 valence electrons. The molecular formula is C22H24N4O2. The van der Waals surface area contributed by atoms with Crippen LogP contribution in [0.2, 0.25) is 0 Å². The number of amidine groups is 1. The maximum atomic E-state index is 12.6. The molecule has 1 fully saturated rings. The van der Waals surface area contributed by atoms with Gasteiger partial charge in [0.1, 0.15) is 5.84 Å². The lowest BCUT2D eigenvalue weighted by molar-refractivity contribution is 0.0677. The van der Waals surface area contributed by atoms with Crippen LogP contribution in [-0.2, 0) is 0 Å². The van der Waals surface area contributed by atoms with Crippen LogP contribution in [0, 0.1) is 17.3 Å². The molecule has 2 aromatic rings. The Morgan fingerprint density at radius 2 is 1.86 bits per heavy atom. The highest BCUT2D eigenvalue weighted by molar-refractivity contribution is 5.95. The third-order valence-electron chi connectivity index (χ3n) is 4.79. The topological polar surface area (TPSA) is 102 Å². The fraction of sp³-hybridized carbons (Fsp3) is 0.273. The van der Waals surface area contributed by atoms with Gasteiger partial charge < -0.3 is 21.1 Å². The largest absolute Gasteiger partial charge is 0.394 e. The first kappa shape index (κ1) is 19.5. The molecule has 0 aromatic heterocycles. The van der Waals surface area contributed by atoms with E-state index in [1.54, 1.807) is 29.2 Å². The van der Waals surface area contributed by atoms with Crippen molar-refractivity contribution >= 4 is 17.4 Å². The minimum absolute atomic E-state index is 0.0137. The van der Waals surface area contributed by atoms with Crippen molar-refractivity contribution in [2.45, 2.75) is 18.9 Å². The fourth-order valence-electron chi connectivity index (χ4n) is 3.21. The van der Waals surface area contributed by atoms with Gasteiger partial charge in [0.05, 0.1) is 19.2 Å². The second-order valence-electron chi connectivity index (χ2n) is 6.70. The van der Waals surface area contributed by atoms with Crippen molar-refractivity contribution in [2.75, 3.05) is 25.0 Å². The van der Waals surface area contributed by atoms with E-state index >= 15 is 0 Å². The van der Waals surface area contributed by atoms with Crippen molar-refractivity contribution in [1.29, 1.82) is 5.41 Å². The highest BCUT2D eigenvalue weighted by Crippen LogP contribution is 2.19. The second-order valence-corrected chi connectivity index (χ2v) is 6.70. The SMILES string of the molecule is N=C(N)c1ccc(NCC#Cc2ccc(C(=O)N3CCCC3CO)cc2)cc1. The molecule has 1 aliphatic rings. The quantitative estimate of drug-likeness (QED) is 0.364. The predicted octanol–water partition coefficient (Wildman–Crippen LogP) is 2.03. The summed E-state index contributed by atoms with van der Waals surface area (Å²) in [5, 5.41) is 20.0. The van der Waals surface area contributed by atoms with Gasteiger partial charge in [-0.25, -0.2) is 0 Å². The highest BCUT2D eigenvalue weighted by atomic mass is 16.3. The average molecular weight is 376 g/mol. The summed E-state index contributed by atoms with van der Waals surface area (Å²) in [6, 6.07) is 14.5. The zero-order chi connectivity index (χ0) is 19.9. The number of nitrogens with zero attached hydrogens (tertiary/aromatic N) is 1. The number of carbonyl (C=O) groups is 1. The predicted molar refractivity (Wildman–Crippen MR) is 110 cm³/mol. The number of aliphatic hydroxyl groups is 1. The lowest BCUT2D eigenvalue weighted by Gasteiger charge is -2.23. The Bertz CT molecular complexity index is 895. The summed E-state index contributed by atoms with van der Waals surface area (Å²) in [6.45, 7) is 1.19. The van der Waals surface area contributed by atoms with Gasteiger partial charge in [0.15, 0.2) is 0 Å². The molecule has 3 rings (SSSR count). The fourth-order valence-corrected chi connectivity index (χ4v) is 3.21. The number of nitrogen functional groups attached to an aromatic ring is 1. The molecule has 0 saturated carbocycles. The number of benzene rings is 2. The number of nitrogens with one attached hydrogen (secondary N) is 2. The van der Waals surface area contributed by atoms with Crippen LogP contribution in [0.4, 0.5) is 5.69 Å². The van der Waals surface area contributed by atoms with Crippen molar-refractivity contribution in [3.63, 3.8) is 0 Å². The van der Waals surface area contributed by atoms with Crippen LogP contribution in [0.3, 0.4) is 0 Å². The molecule has 6 nitrogen and oxygen atoms in total. The Hall–Kier alpha value is -3.30. The summed E-state index contributed by atoms with van der Waals surface area (Å²) in [5.74, 6) is 6.13. The van der Waals surface area contributed by atoms with Gasteiger partial charge in [-0.3, -0.25) is 10.2 Å². The first-order chi connectivity index (χ1) is 13.6. The van der Waals surface area contributed by atoms with Crippen LogP contribution in [0.5, 0.6) is 0 Å². The number of aliphatic hydroxyl groups excluding tert-OH is 1. The van der Waals surface area contributed by atoms with Crippen molar-refractivity contribution < 1.29 is 9.90 Å². The Kier molecular flexibility index (Phi) is 6.30. The first-order valence-corrected chi connectivity index (χ1v) is 9.27. The molecule has 0 aliphatic carbocycles. The Labute approximate surface area is 164 Å². The molecule has 1 heterocycles. The molecule has 0 spiro atoms. The molecule has 1 saturated heterocycles. The zero-order valence-corrected chi connectivity index (χ0v) is 15.6. The van der Waals surface area contributed by atoms with Gasteiger partial charge in [0, 0.05) is 28.9 Å². The summed E-state index contributed by atoms with van der Waals surface area (Å²) in [5.41, 5.74) is 8.48. The van der Waals surface area contributed by atoms with Gasteiger partial charge in [-0.2, -0.15) is 0 Å². The molecule has 28 heavy (non-hydrogen) atoms. The monoisotopic (exact) mass is 376 g/mol. The van der Waals surface area contributed by atoms with E-state index in [0.29, 0.717) is 24.2 Å². The molecule has 0 bridgehead atoms. The summed E-state index contributed by atoms with van der Waals surface area (Å²) < 4.78 is 0. The Balaban J connectivity index is 1.54. The Morgan fingerprint density at radius 3 is 2.50 bits per heavy atom. The van der Waals surface area contributed by atoms with Crippen LogP contribution in [0.1, 0.15) is 34.3 Å². The van der Waals surface area contributed by atoms with Crippen molar-refractivity contribution in [1.82, 2.24) is 4.90 Å². The molecule has 6 heteroatoms. The van der Waals surface area contributed by atoms with Crippen LogP contribution >= 0.6 is 0 Å². The smallest absolute Gasteiger partial charge is 0.254 e. The molecule has 1 amide bonds. The summed E-state index contributed by atoms with van der Waals surface area (Å²) in [4.78, 5) is 14.3. The summed E-state index contributed by atoms with van der Waals surface area (Å²) in [7, 11) is 0. The number of nitrogens with two attached hydrogens (primary N) is 1. The second kappa shape index (κ2) is 9.07. The zero-order valence-electron chi connectivity index (χ0n) is 15.6. The maximum Gasteiger partial charge on any atom is 0.254 e. The number of anilines is 1. The molecule has 1 unspecified atom stereocenters. The first-order valence-electron chi connectivity index (χ1n) is 9.27. The number of carbonyl (C=O) groups excluding carboxylic acids is 1. The number of amides is 1. The van der Waals surface area contributed by atoms with Gasteiger partial charge in [0.2, 0.25) is 0 Å². The van der Waals surface area contributed by atoms with E-state index < -0.39 is 0 Å². The van der Waals surface area contributed by atoms with E-state index in [-0.39, 0.29) is 24.4 Å². The van der Waals surface area contributed by atoms with E-state index in [1.807, 2.05) is 24.3 Å². The Morgan fingerprint density at radius 1 is 1.18 bits per heavy atom. The molecule has 1 aliphatic heterocycles. The third kappa shape index (κ3) is 4.70.